The summed E-state index contributed by atoms with van der Waals surface area (Å²) in [6, 6.07) is 19.8. The molecule has 4 rings (SSSR count). The van der Waals surface area contributed by atoms with Crippen LogP contribution in [0.15, 0.2) is 71.2 Å². The highest BCUT2D eigenvalue weighted by atomic mass is 79.9. The second-order valence-electron chi connectivity index (χ2n) is 11.2. The molecule has 0 bridgehead atoms. The van der Waals surface area contributed by atoms with Crippen molar-refractivity contribution in [3.63, 3.8) is 0 Å². The average Bonchev–Trinajstić information content (AvgIpc) is 3.17. The summed E-state index contributed by atoms with van der Waals surface area (Å²) in [6.45, 7) is 12.3. The smallest absolute Gasteiger partial charge is 0.337 e. The van der Waals surface area contributed by atoms with E-state index in [2.05, 4.69) is 55.1 Å². The lowest BCUT2D eigenvalue weighted by atomic mass is 10.00. The van der Waals surface area contributed by atoms with Crippen molar-refractivity contribution < 1.29 is 23.5 Å². The molecule has 208 valence electrons. The van der Waals surface area contributed by atoms with Gasteiger partial charge >= 0.3 is 5.97 Å². The summed E-state index contributed by atoms with van der Waals surface area (Å²) in [5.74, 6) is -0.541. The molecule has 0 radical (unpaired) electrons. The van der Waals surface area contributed by atoms with Gasteiger partial charge in [0, 0.05) is 28.2 Å². The van der Waals surface area contributed by atoms with Gasteiger partial charge in [-0.1, -0.05) is 48.8 Å². The Morgan fingerprint density at radius 1 is 0.950 bits per heavy atom. The predicted octanol–water partition coefficient (Wildman–Crippen LogP) is 7.49. The van der Waals surface area contributed by atoms with Crippen molar-refractivity contribution in [2.75, 3.05) is 17.3 Å². The van der Waals surface area contributed by atoms with Crippen LogP contribution >= 0.6 is 15.9 Å². The minimum Gasteiger partial charge on any atom is -0.543 e. The van der Waals surface area contributed by atoms with Gasteiger partial charge in [0.15, 0.2) is 0 Å². The maximum absolute atomic E-state index is 13.9. The van der Waals surface area contributed by atoms with Crippen molar-refractivity contribution in [2.45, 2.75) is 45.8 Å². The third-order valence-corrected chi connectivity index (χ3v) is 12.2. The number of imide groups is 1. The van der Waals surface area contributed by atoms with Crippen LogP contribution in [0.5, 0.6) is 5.75 Å². The number of hydrogen-bond donors (Lipinski definition) is 1. The fraction of sp³-hybridized carbons (Fsp3) is 0.258. The quantitative estimate of drug-likeness (QED) is 0.174. The second-order valence-corrected chi connectivity index (χ2v) is 16.8. The van der Waals surface area contributed by atoms with Crippen molar-refractivity contribution in [1.29, 1.82) is 0 Å². The number of hydrogen-bond acceptors (Lipinski definition) is 6. The molecule has 1 aliphatic rings. The summed E-state index contributed by atoms with van der Waals surface area (Å²) in [4.78, 5) is 39.6. The fourth-order valence-corrected chi connectivity index (χ4v) is 5.57. The molecule has 0 atom stereocenters. The molecule has 0 saturated heterocycles. The van der Waals surface area contributed by atoms with Gasteiger partial charge in [0.05, 0.1) is 29.6 Å². The molecule has 0 aliphatic carbocycles. The molecule has 0 fully saturated rings. The first kappa shape index (κ1) is 29.3. The fourth-order valence-electron chi connectivity index (χ4n) is 4.19. The number of carbonyl (C=O) groups excluding carboxylic acids is 3. The van der Waals surface area contributed by atoms with Crippen LogP contribution in [0, 0.1) is 0 Å². The minimum atomic E-state index is -2.14. The normalized spacial score (nSPS) is 14.5. The van der Waals surface area contributed by atoms with Gasteiger partial charge in [-0.15, -0.1) is 0 Å². The van der Waals surface area contributed by atoms with Crippen molar-refractivity contribution in [3.8, 4) is 5.75 Å². The number of benzene rings is 3. The zero-order chi connectivity index (χ0) is 29.4. The van der Waals surface area contributed by atoms with Gasteiger partial charge in [-0.2, -0.15) is 0 Å². The SMILES string of the molecule is COC(=O)c1ccc(N/C(=C2\C(=O)N(C(C)=O)c3ccc(Br)cc32)c2cccc(O[Si](C)(C)C(C)(C)C)c2)cc1. The molecule has 1 N–H and O–H groups in total. The molecule has 9 heteroatoms. The molecule has 2 amide bonds. The highest BCUT2D eigenvalue weighted by Gasteiger charge is 2.40. The Hall–Kier alpha value is -3.69. The van der Waals surface area contributed by atoms with Crippen molar-refractivity contribution in [3.05, 3.63) is 87.9 Å². The van der Waals surface area contributed by atoms with Crippen LogP contribution < -0.4 is 14.6 Å². The second kappa shape index (κ2) is 11.1. The van der Waals surface area contributed by atoms with E-state index in [4.69, 9.17) is 9.16 Å². The molecule has 0 saturated carbocycles. The number of fused-ring (bicyclic) bond motifs is 1. The van der Waals surface area contributed by atoms with Crippen LogP contribution in [-0.2, 0) is 14.3 Å². The standard InChI is InChI=1S/C31H33BrN2O5Si/c1-19(35)34-26-16-13-22(32)18-25(26)27(29(34)36)28(33-23-14-11-20(12-15-23)30(37)38-5)21-9-8-10-24(17-21)39-40(6,7)31(2,3)4/h8-18,33H,1-7H3/b28-27-. The molecule has 0 unspecified atom stereocenters. The van der Waals surface area contributed by atoms with E-state index < -0.39 is 20.2 Å². The lowest BCUT2D eigenvalue weighted by Crippen LogP contribution is -2.43. The molecule has 3 aromatic rings. The van der Waals surface area contributed by atoms with Gasteiger partial charge in [-0.05, 0) is 72.7 Å². The Balaban J connectivity index is 1.91. The molecular weight excluding hydrogens is 588 g/mol. The number of nitrogens with zero attached hydrogens (tertiary/aromatic N) is 1. The summed E-state index contributed by atoms with van der Waals surface area (Å²) in [6.07, 6.45) is 0. The molecule has 1 aliphatic heterocycles. The Morgan fingerprint density at radius 2 is 1.62 bits per heavy atom. The van der Waals surface area contributed by atoms with E-state index in [0.29, 0.717) is 45.1 Å². The number of nitrogens with one attached hydrogen (secondary N) is 1. The van der Waals surface area contributed by atoms with Crippen LogP contribution in [0.2, 0.25) is 18.1 Å². The van der Waals surface area contributed by atoms with Gasteiger partial charge in [0.1, 0.15) is 5.75 Å². The zero-order valence-electron chi connectivity index (χ0n) is 23.7. The highest BCUT2D eigenvalue weighted by molar-refractivity contribution is 9.10. The van der Waals surface area contributed by atoms with Crippen LogP contribution in [0.1, 0.15) is 49.2 Å². The number of methoxy groups -OCH3 is 1. The zero-order valence-corrected chi connectivity index (χ0v) is 26.3. The van der Waals surface area contributed by atoms with Crippen molar-refractivity contribution >= 4 is 64.7 Å². The van der Waals surface area contributed by atoms with Crippen LogP contribution in [0.3, 0.4) is 0 Å². The van der Waals surface area contributed by atoms with Crippen LogP contribution in [0.25, 0.3) is 11.3 Å². The van der Waals surface area contributed by atoms with Crippen molar-refractivity contribution in [2.24, 2.45) is 0 Å². The van der Waals surface area contributed by atoms with Crippen LogP contribution in [0.4, 0.5) is 11.4 Å². The number of halogens is 1. The van der Waals surface area contributed by atoms with Crippen LogP contribution in [-0.4, -0.2) is 33.2 Å². The van der Waals surface area contributed by atoms with E-state index >= 15 is 0 Å². The van der Waals surface area contributed by atoms with E-state index in [1.807, 2.05) is 30.3 Å². The number of ether oxygens (including phenoxy) is 1. The molecule has 7 nitrogen and oxygen atoms in total. The van der Waals surface area contributed by atoms with Gasteiger partial charge in [0.2, 0.25) is 14.2 Å². The summed E-state index contributed by atoms with van der Waals surface area (Å²) in [5, 5.41) is 3.40. The summed E-state index contributed by atoms with van der Waals surface area (Å²) in [7, 11) is -0.809. The monoisotopic (exact) mass is 620 g/mol. The number of amides is 2. The van der Waals surface area contributed by atoms with E-state index in [1.165, 1.54) is 18.9 Å². The number of esters is 1. The van der Waals surface area contributed by atoms with Gasteiger partial charge < -0.3 is 14.5 Å². The minimum absolute atomic E-state index is 0.00143. The third kappa shape index (κ3) is 5.76. The van der Waals surface area contributed by atoms with E-state index in [9.17, 15) is 14.4 Å². The maximum Gasteiger partial charge on any atom is 0.337 e. The first-order valence-corrected chi connectivity index (χ1v) is 16.6. The Kier molecular flexibility index (Phi) is 8.10. The number of rotatable bonds is 6. The average molecular weight is 622 g/mol. The van der Waals surface area contributed by atoms with Gasteiger partial charge in [0.25, 0.3) is 5.91 Å². The van der Waals surface area contributed by atoms with Gasteiger partial charge in [-0.25, -0.2) is 9.69 Å². The molecule has 1 heterocycles. The Bertz CT molecular complexity index is 1520. The number of carbonyl (C=O) groups is 3. The molecular formula is C31H33BrN2O5Si. The lowest BCUT2D eigenvalue weighted by molar-refractivity contribution is -0.122. The summed E-state index contributed by atoms with van der Waals surface area (Å²) in [5.41, 5.74) is 3.78. The molecule has 0 aromatic heterocycles. The highest BCUT2D eigenvalue weighted by Crippen LogP contribution is 2.43. The van der Waals surface area contributed by atoms with E-state index in [1.54, 1.807) is 36.4 Å². The van der Waals surface area contributed by atoms with Crippen molar-refractivity contribution in [1.82, 2.24) is 0 Å². The van der Waals surface area contributed by atoms with Gasteiger partial charge in [-0.3, -0.25) is 9.59 Å². The first-order chi connectivity index (χ1) is 18.7. The molecule has 3 aromatic carbocycles. The molecule has 40 heavy (non-hydrogen) atoms. The Labute approximate surface area is 244 Å². The Morgan fingerprint density at radius 3 is 2.23 bits per heavy atom. The maximum atomic E-state index is 13.9. The topological polar surface area (TPSA) is 84.9 Å². The number of anilines is 2. The summed E-state index contributed by atoms with van der Waals surface area (Å²) < 4.78 is 12.2. The summed E-state index contributed by atoms with van der Waals surface area (Å²) >= 11 is 3.52. The first-order valence-electron chi connectivity index (χ1n) is 12.9. The van der Waals surface area contributed by atoms with E-state index in [0.717, 1.165) is 4.47 Å². The third-order valence-electron chi connectivity index (χ3n) is 7.33. The molecule has 0 spiro atoms. The lowest BCUT2D eigenvalue weighted by Gasteiger charge is -2.36. The predicted molar refractivity (Wildman–Crippen MR) is 165 cm³/mol. The van der Waals surface area contributed by atoms with E-state index in [-0.39, 0.29) is 10.9 Å². The largest absolute Gasteiger partial charge is 0.543 e.